The van der Waals surface area contributed by atoms with E-state index in [1.807, 2.05) is 24.3 Å². The smallest absolute Gasteiger partial charge is 0.244 e. The number of hydrogen-bond acceptors (Lipinski definition) is 4. The summed E-state index contributed by atoms with van der Waals surface area (Å²) in [5.41, 5.74) is 7.68. The fourth-order valence-electron chi connectivity index (χ4n) is 3.26. The number of carbonyl (C=O) groups excluding carboxylic acids is 3. The molecule has 7 heteroatoms. The molecule has 3 rings (SSSR count). The zero-order valence-corrected chi connectivity index (χ0v) is 13.8. The molecule has 0 aromatic heterocycles. The van der Waals surface area contributed by atoms with Crippen LogP contribution in [0, 0.1) is 0 Å². The van der Waals surface area contributed by atoms with Gasteiger partial charge in [-0.1, -0.05) is 18.2 Å². The quantitative estimate of drug-likeness (QED) is 0.799. The predicted octanol–water partition coefficient (Wildman–Crippen LogP) is -0.406. The molecule has 1 aromatic rings. The van der Waals surface area contributed by atoms with Crippen LogP contribution in [-0.4, -0.2) is 66.3 Å². The molecule has 0 bridgehead atoms. The molecule has 128 valence electrons. The molecule has 1 fully saturated rings. The van der Waals surface area contributed by atoms with Crippen molar-refractivity contribution >= 4 is 23.4 Å². The van der Waals surface area contributed by atoms with Crippen LogP contribution in [0.5, 0.6) is 0 Å². The van der Waals surface area contributed by atoms with Gasteiger partial charge in [-0.25, -0.2) is 0 Å². The lowest BCUT2D eigenvalue weighted by Crippen LogP contribution is -2.55. The van der Waals surface area contributed by atoms with E-state index in [-0.39, 0.29) is 24.3 Å². The maximum absolute atomic E-state index is 12.6. The Labute approximate surface area is 141 Å². The minimum atomic E-state index is -0.609. The van der Waals surface area contributed by atoms with Crippen molar-refractivity contribution in [3.8, 4) is 0 Å². The summed E-state index contributed by atoms with van der Waals surface area (Å²) in [6.45, 7) is 3.57. The molecular weight excluding hydrogens is 308 g/mol. The Balaban J connectivity index is 1.70. The topological polar surface area (TPSA) is 87.0 Å². The number of benzene rings is 1. The van der Waals surface area contributed by atoms with Crippen molar-refractivity contribution < 1.29 is 14.4 Å². The summed E-state index contributed by atoms with van der Waals surface area (Å²) in [7, 11) is 0. The molecular formula is C17H22N4O3. The van der Waals surface area contributed by atoms with E-state index in [9.17, 15) is 14.4 Å². The molecule has 0 saturated carbocycles. The summed E-state index contributed by atoms with van der Waals surface area (Å²) in [6.07, 6.45) is 0.497. The molecule has 1 unspecified atom stereocenters. The maximum atomic E-state index is 12.6. The molecule has 2 heterocycles. The highest BCUT2D eigenvalue weighted by molar-refractivity contribution is 6.03. The number of amides is 3. The van der Waals surface area contributed by atoms with Crippen LogP contribution in [0.3, 0.4) is 0 Å². The number of anilines is 1. The zero-order valence-electron chi connectivity index (χ0n) is 13.8. The lowest BCUT2D eigenvalue weighted by Gasteiger charge is -2.37. The van der Waals surface area contributed by atoms with E-state index >= 15 is 0 Å². The van der Waals surface area contributed by atoms with Gasteiger partial charge in [0.25, 0.3) is 0 Å². The number of para-hydroxylation sites is 1. The lowest BCUT2D eigenvalue weighted by atomic mass is 9.97. The molecule has 1 atom stereocenters. The van der Waals surface area contributed by atoms with E-state index in [1.165, 1.54) is 11.8 Å². The van der Waals surface area contributed by atoms with E-state index in [0.717, 1.165) is 11.3 Å². The Kier molecular flexibility index (Phi) is 4.53. The van der Waals surface area contributed by atoms with Crippen LogP contribution in [0.2, 0.25) is 0 Å². The Morgan fingerprint density at radius 2 is 1.75 bits per heavy atom. The van der Waals surface area contributed by atoms with Crippen LogP contribution in [0.25, 0.3) is 0 Å². The van der Waals surface area contributed by atoms with Gasteiger partial charge in [-0.15, -0.1) is 0 Å². The van der Waals surface area contributed by atoms with E-state index in [2.05, 4.69) is 0 Å². The highest BCUT2D eigenvalue weighted by Crippen LogP contribution is 2.27. The van der Waals surface area contributed by atoms with Gasteiger partial charge in [-0.2, -0.15) is 0 Å². The molecule has 2 aliphatic rings. The molecule has 0 radical (unpaired) electrons. The number of carbonyl (C=O) groups is 3. The minimum Gasteiger partial charge on any atom is -0.339 e. The first-order chi connectivity index (χ1) is 11.5. The molecule has 2 N–H and O–H groups in total. The third-order valence-corrected chi connectivity index (χ3v) is 4.68. The first kappa shape index (κ1) is 16.4. The van der Waals surface area contributed by atoms with Gasteiger partial charge in [-0.3, -0.25) is 14.4 Å². The number of nitrogens with zero attached hydrogens (tertiary/aromatic N) is 3. The molecule has 1 saturated heterocycles. The van der Waals surface area contributed by atoms with Gasteiger partial charge in [0, 0.05) is 38.8 Å². The standard InChI is InChI=1S/C17H22N4O3/c1-12(22)19-6-8-20(9-7-19)16(23)11-21-15-5-3-2-4-13(15)10-14(18)17(21)24/h2-5,14H,6-11,18H2,1H3. The Hall–Kier alpha value is -2.41. The van der Waals surface area contributed by atoms with Crippen molar-refractivity contribution in [3.05, 3.63) is 29.8 Å². The molecule has 2 aliphatic heterocycles. The van der Waals surface area contributed by atoms with Crippen LogP contribution in [0.15, 0.2) is 24.3 Å². The van der Waals surface area contributed by atoms with Crippen molar-refractivity contribution in [3.63, 3.8) is 0 Å². The zero-order chi connectivity index (χ0) is 17.3. The summed E-state index contributed by atoms with van der Waals surface area (Å²) >= 11 is 0. The predicted molar refractivity (Wildman–Crippen MR) is 89.3 cm³/mol. The number of fused-ring (bicyclic) bond motifs is 1. The first-order valence-corrected chi connectivity index (χ1v) is 8.15. The van der Waals surface area contributed by atoms with Gasteiger partial charge < -0.3 is 20.4 Å². The maximum Gasteiger partial charge on any atom is 0.244 e. The van der Waals surface area contributed by atoms with Gasteiger partial charge in [0.1, 0.15) is 6.54 Å². The largest absolute Gasteiger partial charge is 0.339 e. The summed E-state index contributed by atoms with van der Waals surface area (Å²) in [6, 6.07) is 6.93. The van der Waals surface area contributed by atoms with Crippen LogP contribution >= 0.6 is 0 Å². The highest BCUT2D eigenvalue weighted by Gasteiger charge is 2.33. The van der Waals surface area contributed by atoms with E-state index in [1.54, 1.807) is 9.80 Å². The fourth-order valence-corrected chi connectivity index (χ4v) is 3.26. The van der Waals surface area contributed by atoms with E-state index in [4.69, 9.17) is 5.73 Å². The van der Waals surface area contributed by atoms with Crippen molar-refractivity contribution in [2.45, 2.75) is 19.4 Å². The van der Waals surface area contributed by atoms with Crippen molar-refractivity contribution in [1.29, 1.82) is 0 Å². The number of piperazine rings is 1. The van der Waals surface area contributed by atoms with Crippen molar-refractivity contribution in [2.24, 2.45) is 5.73 Å². The molecule has 7 nitrogen and oxygen atoms in total. The SMILES string of the molecule is CC(=O)N1CCN(C(=O)CN2C(=O)C(N)Cc3ccccc32)CC1. The van der Waals surface area contributed by atoms with E-state index < -0.39 is 6.04 Å². The van der Waals surface area contributed by atoms with Gasteiger partial charge in [0.05, 0.1) is 6.04 Å². The van der Waals surface area contributed by atoms with Crippen LogP contribution in [0.1, 0.15) is 12.5 Å². The Morgan fingerprint density at radius 3 is 2.42 bits per heavy atom. The summed E-state index contributed by atoms with van der Waals surface area (Å²) in [5, 5.41) is 0. The fraction of sp³-hybridized carbons (Fsp3) is 0.471. The second-order valence-electron chi connectivity index (χ2n) is 6.25. The number of nitrogens with two attached hydrogens (primary N) is 1. The molecule has 24 heavy (non-hydrogen) atoms. The van der Waals surface area contributed by atoms with Gasteiger partial charge in [0.15, 0.2) is 0 Å². The third-order valence-electron chi connectivity index (χ3n) is 4.68. The molecule has 0 aliphatic carbocycles. The van der Waals surface area contributed by atoms with Crippen molar-refractivity contribution in [1.82, 2.24) is 9.80 Å². The Morgan fingerprint density at radius 1 is 1.12 bits per heavy atom. The van der Waals surface area contributed by atoms with Crippen LogP contribution in [0.4, 0.5) is 5.69 Å². The van der Waals surface area contributed by atoms with E-state index in [0.29, 0.717) is 32.6 Å². The third kappa shape index (κ3) is 3.12. The molecule has 0 spiro atoms. The normalized spacial score (nSPS) is 20.8. The van der Waals surface area contributed by atoms with Gasteiger partial charge in [0.2, 0.25) is 17.7 Å². The first-order valence-electron chi connectivity index (χ1n) is 8.15. The van der Waals surface area contributed by atoms with Crippen LogP contribution in [-0.2, 0) is 20.8 Å². The summed E-state index contributed by atoms with van der Waals surface area (Å²) in [4.78, 5) is 41.3. The average molecular weight is 330 g/mol. The second kappa shape index (κ2) is 6.60. The minimum absolute atomic E-state index is 0.0103. The Bertz CT molecular complexity index is 668. The van der Waals surface area contributed by atoms with Crippen molar-refractivity contribution in [2.75, 3.05) is 37.6 Å². The average Bonchev–Trinajstić information content (AvgIpc) is 2.58. The van der Waals surface area contributed by atoms with Gasteiger partial charge in [-0.05, 0) is 18.1 Å². The monoisotopic (exact) mass is 330 g/mol. The summed E-state index contributed by atoms with van der Waals surface area (Å²) in [5.74, 6) is -0.312. The highest BCUT2D eigenvalue weighted by atomic mass is 16.2. The molecule has 1 aromatic carbocycles. The number of hydrogen-bond donors (Lipinski definition) is 1. The lowest BCUT2D eigenvalue weighted by molar-refractivity contribution is -0.138. The van der Waals surface area contributed by atoms with Crippen LogP contribution < -0.4 is 10.6 Å². The molecule has 3 amide bonds. The summed E-state index contributed by atoms with van der Waals surface area (Å²) < 4.78 is 0. The van der Waals surface area contributed by atoms with Gasteiger partial charge >= 0.3 is 0 Å². The number of rotatable bonds is 2. The second-order valence-corrected chi connectivity index (χ2v) is 6.25.